The maximum absolute atomic E-state index is 5.01. The molecule has 3 aliphatic heterocycles. The third kappa shape index (κ3) is 4.12. The Morgan fingerprint density at radius 2 is 1.85 bits per heavy atom. The van der Waals surface area contributed by atoms with E-state index in [4.69, 9.17) is 9.97 Å². The number of likely N-dealkylation sites (tertiary alicyclic amines) is 1. The first-order valence-corrected chi connectivity index (χ1v) is 10.6. The van der Waals surface area contributed by atoms with Crippen LogP contribution in [0.5, 0.6) is 0 Å². The Balaban J connectivity index is 1.53. The van der Waals surface area contributed by atoms with E-state index in [1.54, 1.807) is 0 Å². The second-order valence-corrected chi connectivity index (χ2v) is 8.14. The highest BCUT2D eigenvalue weighted by molar-refractivity contribution is 5.53. The fourth-order valence-electron chi connectivity index (χ4n) is 4.56. The smallest absolute Gasteiger partial charge is 0.224 e. The van der Waals surface area contributed by atoms with Crippen molar-refractivity contribution in [2.75, 3.05) is 50.0 Å². The lowest BCUT2D eigenvalue weighted by atomic mass is 10.0. The normalized spacial score (nSPS) is 24.8. The summed E-state index contributed by atoms with van der Waals surface area (Å²) < 4.78 is 0. The molecule has 1 aromatic rings. The minimum Gasteiger partial charge on any atom is -0.356 e. The van der Waals surface area contributed by atoms with Crippen LogP contribution in [0.4, 0.5) is 11.8 Å². The molecule has 2 saturated heterocycles. The van der Waals surface area contributed by atoms with Crippen LogP contribution in [-0.4, -0.2) is 60.7 Å². The Labute approximate surface area is 157 Å². The fraction of sp³-hybridized carbons (Fsp3) is 0.800. The Morgan fingerprint density at radius 1 is 1.04 bits per heavy atom. The number of nitrogens with one attached hydrogen (secondary N) is 2. The summed E-state index contributed by atoms with van der Waals surface area (Å²) in [5, 5.41) is 7.09. The van der Waals surface area contributed by atoms with E-state index in [1.807, 2.05) is 0 Å². The minimum absolute atomic E-state index is 0.603. The number of rotatable bonds is 4. The van der Waals surface area contributed by atoms with Crippen molar-refractivity contribution in [3.8, 4) is 0 Å². The predicted octanol–water partition coefficient (Wildman–Crippen LogP) is 2.40. The van der Waals surface area contributed by atoms with E-state index in [1.165, 1.54) is 68.6 Å². The topological polar surface area (TPSA) is 56.3 Å². The number of hydrogen-bond acceptors (Lipinski definition) is 6. The molecule has 2 fully saturated rings. The van der Waals surface area contributed by atoms with Gasteiger partial charge in [0.1, 0.15) is 5.82 Å². The molecule has 0 aliphatic carbocycles. The van der Waals surface area contributed by atoms with E-state index in [9.17, 15) is 0 Å². The Morgan fingerprint density at radius 3 is 2.65 bits per heavy atom. The van der Waals surface area contributed by atoms with Crippen molar-refractivity contribution in [1.82, 2.24) is 20.2 Å². The first kappa shape index (κ1) is 18.0. The highest BCUT2D eigenvalue weighted by atomic mass is 15.2. The number of aromatic nitrogens is 2. The van der Waals surface area contributed by atoms with Crippen LogP contribution in [-0.2, 0) is 13.0 Å². The van der Waals surface area contributed by atoms with E-state index in [0.717, 1.165) is 45.1 Å². The molecule has 0 spiro atoms. The third-order valence-electron chi connectivity index (χ3n) is 6.23. The molecule has 0 bridgehead atoms. The summed E-state index contributed by atoms with van der Waals surface area (Å²) in [7, 11) is 2.24. The van der Waals surface area contributed by atoms with E-state index < -0.39 is 0 Å². The standard InChI is InChI=1S/C20H34N6/c1-25-11-7-4-8-16(25)14-22-20-23-18-9-10-21-15-17(18)19(24-20)26-12-5-2-3-6-13-26/h16,21H,2-15H2,1H3,(H,22,23,24). The van der Waals surface area contributed by atoms with Crippen molar-refractivity contribution in [2.45, 2.75) is 64.0 Å². The van der Waals surface area contributed by atoms with Gasteiger partial charge in [0.25, 0.3) is 0 Å². The summed E-state index contributed by atoms with van der Waals surface area (Å²) >= 11 is 0. The lowest BCUT2D eigenvalue weighted by Crippen LogP contribution is -2.41. The molecule has 4 rings (SSSR count). The number of likely N-dealkylation sites (N-methyl/N-ethyl adjacent to an activating group) is 1. The molecule has 26 heavy (non-hydrogen) atoms. The molecule has 3 aliphatic rings. The van der Waals surface area contributed by atoms with Crippen LogP contribution in [0.3, 0.4) is 0 Å². The summed E-state index contributed by atoms with van der Waals surface area (Å²) in [5.41, 5.74) is 2.58. The van der Waals surface area contributed by atoms with Crippen molar-refractivity contribution in [3.05, 3.63) is 11.3 Å². The number of fused-ring (bicyclic) bond motifs is 1. The summed E-state index contributed by atoms with van der Waals surface area (Å²) in [6.45, 7) is 6.36. The van der Waals surface area contributed by atoms with Crippen LogP contribution in [0.25, 0.3) is 0 Å². The molecule has 0 aromatic carbocycles. The van der Waals surface area contributed by atoms with E-state index in [-0.39, 0.29) is 0 Å². The molecular weight excluding hydrogens is 324 g/mol. The van der Waals surface area contributed by atoms with Crippen LogP contribution < -0.4 is 15.5 Å². The number of nitrogens with zero attached hydrogens (tertiary/aromatic N) is 4. The largest absolute Gasteiger partial charge is 0.356 e. The maximum Gasteiger partial charge on any atom is 0.224 e. The number of piperidine rings is 1. The molecule has 4 heterocycles. The van der Waals surface area contributed by atoms with Gasteiger partial charge in [-0.15, -0.1) is 0 Å². The van der Waals surface area contributed by atoms with Crippen molar-refractivity contribution in [2.24, 2.45) is 0 Å². The Kier molecular flexibility index (Phi) is 5.90. The zero-order valence-corrected chi connectivity index (χ0v) is 16.3. The van der Waals surface area contributed by atoms with Gasteiger partial charge in [0.05, 0.1) is 5.69 Å². The zero-order valence-electron chi connectivity index (χ0n) is 16.3. The molecule has 144 valence electrons. The molecule has 1 atom stereocenters. The van der Waals surface area contributed by atoms with Gasteiger partial charge in [-0.25, -0.2) is 4.98 Å². The van der Waals surface area contributed by atoms with Gasteiger partial charge in [-0.3, -0.25) is 0 Å². The lowest BCUT2D eigenvalue weighted by molar-refractivity contribution is 0.194. The quantitative estimate of drug-likeness (QED) is 0.862. The second kappa shape index (κ2) is 8.53. The van der Waals surface area contributed by atoms with Crippen LogP contribution in [0.2, 0.25) is 0 Å². The minimum atomic E-state index is 0.603. The highest BCUT2D eigenvalue weighted by Gasteiger charge is 2.23. The molecular formula is C20H34N6. The van der Waals surface area contributed by atoms with Gasteiger partial charge < -0.3 is 20.4 Å². The van der Waals surface area contributed by atoms with E-state index in [0.29, 0.717) is 6.04 Å². The van der Waals surface area contributed by atoms with Gasteiger partial charge in [0.2, 0.25) is 5.95 Å². The predicted molar refractivity (Wildman–Crippen MR) is 107 cm³/mol. The van der Waals surface area contributed by atoms with Crippen LogP contribution in [0, 0.1) is 0 Å². The van der Waals surface area contributed by atoms with Crippen molar-refractivity contribution >= 4 is 11.8 Å². The van der Waals surface area contributed by atoms with Crippen molar-refractivity contribution in [1.29, 1.82) is 0 Å². The highest BCUT2D eigenvalue weighted by Crippen LogP contribution is 2.27. The first-order chi connectivity index (χ1) is 12.8. The monoisotopic (exact) mass is 358 g/mol. The molecule has 1 unspecified atom stereocenters. The average molecular weight is 359 g/mol. The molecule has 0 amide bonds. The van der Waals surface area contributed by atoms with Gasteiger partial charge in [0.15, 0.2) is 0 Å². The summed E-state index contributed by atoms with van der Waals surface area (Å²) in [6, 6.07) is 0.603. The maximum atomic E-state index is 5.01. The van der Waals surface area contributed by atoms with Gasteiger partial charge >= 0.3 is 0 Å². The number of anilines is 2. The van der Waals surface area contributed by atoms with Crippen LogP contribution in [0.15, 0.2) is 0 Å². The van der Waals surface area contributed by atoms with Crippen LogP contribution >= 0.6 is 0 Å². The van der Waals surface area contributed by atoms with Gasteiger partial charge in [0, 0.05) is 50.7 Å². The van der Waals surface area contributed by atoms with E-state index >= 15 is 0 Å². The average Bonchev–Trinajstić information content (AvgIpc) is 2.96. The van der Waals surface area contributed by atoms with Gasteiger partial charge in [-0.2, -0.15) is 4.98 Å². The fourth-order valence-corrected chi connectivity index (χ4v) is 4.56. The van der Waals surface area contributed by atoms with Crippen molar-refractivity contribution < 1.29 is 0 Å². The summed E-state index contributed by atoms with van der Waals surface area (Å²) in [5.74, 6) is 2.02. The first-order valence-electron chi connectivity index (χ1n) is 10.6. The molecule has 6 nitrogen and oxygen atoms in total. The molecule has 2 N–H and O–H groups in total. The summed E-state index contributed by atoms with van der Waals surface area (Å²) in [4.78, 5) is 14.9. The lowest BCUT2D eigenvalue weighted by Gasteiger charge is -2.33. The van der Waals surface area contributed by atoms with Crippen molar-refractivity contribution in [3.63, 3.8) is 0 Å². The second-order valence-electron chi connectivity index (χ2n) is 8.14. The number of hydrogen-bond donors (Lipinski definition) is 2. The molecule has 1 aromatic heterocycles. The van der Waals surface area contributed by atoms with E-state index in [2.05, 4.69) is 27.5 Å². The summed E-state index contributed by atoms with van der Waals surface area (Å²) in [6.07, 6.45) is 10.2. The molecule has 0 radical (unpaired) electrons. The third-order valence-corrected chi connectivity index (χ3v) is 6.23. The molecule has 6 heteroatoms. The SMILES string of the molecule is CN1CCCCC1CNc1nc2c(c(N3CCCCCC3)n1)CNCC2. The van der Waals surface area contributed by atoms with Gasteiger partial charge in [-0.1, -0.05) is 19.3 Å². The van der Waals surface area contributed by atoms with Gasteiger partial charge in [-0.05, 0) is 39.3 Å². The Hall–Kier alpha value is -1.40. The zero-order chi connectivity index (χ0) is 17.8. The van der Waals surface area contributed by atoms with Crippen LogP contribution in [0.1, 0.15) is 56.2 Å². The molecule has 0 saturated carbocycles. The Bertz CT molecular complexity index is 596.